The van der Waals surface area contributed by atoms with Gasteiger partial charge in [0.1, 0.15) is 5.75 Å². The van der Waals surface area contributed by atoms with Gasteiger partial charge in [-0.2, -0.15) is 0 Å². The molecule has 1 aromatic carbocycles. The molecule has 1 N–H and O–H groups in total. The summed E-state index contributed by atoms with van der Waals surface area (Å²) in [5.41, 5.74) is 0.792. The van der Waals surface area contributed by atoms with E-state index < -0.39 is 0 Å². The highest BCUT2D eigenvalue weighted by atomic mass is 16.5. The van der Waals surface area contributed by atoms with Crippen LogP contribution in [0.15, 0.2) is 24.3 Å². The fourth-order valence-electron chi connectivity index (χ4n) is 3.21. The maximum absolute atomic E-state index is 12.5. The first-order valence-electron chi connectivity index (χ1n) is 7.61. The molecule has 3 rings (SSSR count). The molecule has 1 aliphatic carbocycles. The summed E-state index contributed by atoms with van der Waals surface area (Å²) < 4.78 is 11.0. The summed E-state index contributed by atoms with van der Waals surface area (Å²) in [5.74, 6) is 0.784. The molecular formula is C16H22N2O3. The minimum Gasteiger partial charge on any atom is -0.497 e. The Morgan fingerprint density at radius 3 is 2.86 bits per heavy atom. The fourth-order valence-corrected chi connectivity index (χ4v) is 3.21. The topological polar surface area (TPSA) is 50.8 Å². The molecule has 1 aromatic rings. The van der Waals surface area contributed by atoms with Crippen molar-refractivity contribution in [1.82, 2.24) is 4.90 Å². The highest BCUT2D eigenvalue weighted by Gasteiger charge is 2.36. The van der Waals surface area contributed by atoms with Crippen LogP contribution in [-0.2, 0) is 4.74 Å². The van der Waals surface area contributed by atoms with Gasteiger partial charge in [0.2, 0.25) is 0 Å². The van der Waals surface area contributed by atoms with Crippen molar-refractivity contribution in [3.05, 3.63) is 24.3 Å². The van der Waals surface area contributed by atoms with Gasteiger partial charge in [0, 0.05) is 18.8 Å². The quantitative estimate of drug-likeness (QED) is 0.911. The van der Waals surface area contributed by atoms with Crippen molar-refractivity contribution in [1.29, 1.82) is 0 Å². The molecule has 0 bridgehead atoms. The highest BCUT2D eigenvalue weighted by Crippen LogP contribution is 2.29. The average molecular weight is 290 g/mol. The number of carbonyl (C=O) groups is 1. The van der Waals surface area contributed by atoms with Crippen molar-refractivity contribution in [2.75, 3.05) is 25.6 Å². The molecule has 114 valence electrons. The lowest BCUT2D eigenvalue weighted by atomic mass is 10.2. The number of amides is 2. The lowest BCUT2D eigenvalue weighted by Gasteiger charge is -2.30. The number of hydrogen-bond donors (Lipinski definition) is 1. The second-order valence-corrected chi connectivity index (χ2v) is 5.61. The molecule has 1 heterocycles. The van der Waals surface area contributed by atoms with E-state index in [1.165, 1.54) is 0 Å². The van der Waals surface area contributed by atoms with Crippen LogP contribution < -0.4 is 10.1 Å². The van der Waals surface area contributed by atoms with Crippen molar-refractivity contribution in [2.45, 2.75) is 37.8 Å². The molecular weight excluding hydrogens is 268 g/mol. The monoisotopic (exact) mass is 290 g/mol. The van der Waals surface area contributed by atoms with Crippen molar-refractivity contribution in [2.24, 2.45) is 0 Å². The molecule has 5 nitrogen and oxygen atoms in total. The molecule has 0 radical (unpaired) electrons. The Balaban J connectivity index is 1.68. The molecule has 2 atom stereocenters. The zero-order valence-electron chi connectivity index (χ0n) is 12.4. The molecule has 2 fully saturated rings. The average Bonchev–Trinajstić information content (AvgIpc) is 2.87. The lowest BCUT2D eigenvalue weighted by Crippen LogP contribution is -2.45. The van der Waals surface area contributed by atoms with E-state index in [1.807, 2.05) is 29.2 Å². The number of benzene rings is 1. The number of hydrogen-bond acceptors (Lipinski definition) is 3. The third kappa shape index (κ3) is 3.13. The van der Waals surface area contributed by atoms with Crippen LogP contribution in [-0.4, -0.2) is 43.3 Å². The SMILES string of the molecule is COc1ccc(NC(=O)N2CCCO[C@@H]3CCC[C@@H]32)cc1. The molecule has 1 saturated carbocycles. The summed E-state index contributed by atoms with van der Waals surface area (Å²) in [4.78, 5) is 14.5. The van der Waals surface area contributed by atoms with E-state index in [4.69, 9.17) is 9.47 Å². The zero-order chi connectivity index (χ0) is 14.7. The van der Waals surface area contributed by atoms with Gasteiger partial charge in [-0.05, 0) is 49.9 Å². The number of fused-ring (bicyclic) bond motifs is 1. The first-order chi connectivity index (χ1) is 10.3. The van der Waals surface area contributed by atoms with E-state index >= 15 is 0 Å². The third-order valence-electron chi connectivity index (χ3n) is 4.30. The fraction of sp³-hybridized carbons (Fsp3) is 0.562. The molecule has 0 spiro atoms. The molecule has 0 unspecified atom stereocenters. The van der Waals surface area contributed by atoms with Gasteiger partial charge in [-0.15, -0.1) is 0 Å². The number of ether oxygens (including phenoxy) is 2. The number of carbonyl (C=O) groups excluding carboxylic acids is 1. The van der Waals surface area contributed by atoms with E-state index in [1.54, 1.807) is 7.11 Å². The normalized spacial score (nSPS) is 25.1. The minimum atomic E-state index is -0.0254. The molecule has 5 heteroatoms. The summed E-state index contributed by atoms with van der Waals surface area (Å²) >= 11 is 0. The van der Waals surface area contributed by atoms with Crippen LogP contribution in [0.2, 0.25) is 0 Å². The van der Waals surface area contributed by atoms with Gasteiger partial charge in [-0.25, -0.2) is 4.79 Å². The largest absolute Gasteiger partial charge is 0.497 e. The van der Waals surface area contributed by atoms with Crippen LogP contribution in [0.5, 0.6) is 5.75 Å². The molecule has 0 aromatic heterocycles. The van der Waals surface area contributed by atoms with Gasteiger partial charge >= 0.3 is 6.03 Å². The predicted molar refractivity (Wildman–Crippen MR) is 80.7 cm³/mol. The summed E-state index contributed by atoms with van der Waals surface area (Å²) in [6.07, 6.45) is 4.37. The number of rotatable bonds is 2. The number of urea groups is 1. The third-order valence-corrected chi connectivity index (χ3v) is 4.30. The second-order valence-electron chi connectivity index (χ2n) is 5.61. The standard InChI is InChI=1S/C16H22N2O3/c1-20-13-8-6-12(7-9-13)17-16(19)18-10-3-11-21-15-5-2-4-14(15)18/h6-9,14-15H,2-5,10-11H2,1H3,(H,17,19)/t14-,15+/m0/s1. The van der Waals surface area contributed by atoms with Crippen molar-refractivity contribution in [3.63, 3.8) is 0 Å². The molecule has 2 amide bonds. The summed E-state index contributed by atoms with van der Waals surface area (Å²) in [5, 5.41) is 2.98. The van der Waals surface area contributed by atoms with Gasteiger partial charge in [-0.1, -0.05) is 0 Å². The molecule has 1 aliphatic heterocycles. The van der Waals surface area contributed by atoms with E-state index in [0.717, 1.165) is 50.3 Å². The van der Waals surface area contributed by atoms with Crippen molar-refractivity contribution >= 4 is 11.7 Å². The lowest BCUT2D eigenvalue weighted by molar-refractivity contribution is 0.0413. The van der Waals surface area contributed by atoms with Crippen LogP contribution in [0.4, 0.5) is 10.5 Å². The zero-order valence-corrected chi connectivity index (χ0v) is 12.4. The van der Waals surface area contributed by atoms with Crippen LogP contribution in [0.3, 0.4) is 0 Å². The number of nitrogens with zero attached hydrogens (tertiary/aromatic N) is 1. The number of anilines is 1. The van der Waals surface area contributed by atoms with Crippen LogP contribution in [0.25, 0.3) is 0 Å². The number of nitrogens with one attached hydrogen (secondary N) is 1. The van der Waals surface area contributed by atoms with Gasteiger partial charge in [-0.3, -0.25) is 0 Å². The van der Waals surface area contributed by atoms with E-state index in [2.05, 4.69) is 5.32 Å². The van der Waals surface area contributed by atoms with Gasteiger partial charge in [0.25, 0.3) is 0 Å². The van der Waals surface area contributed by atoms with E-state index in [9.17, 15) is 4.79 Å². The summed E-state index contributed by atoms with van der Waals surface area (Å²) in [6.45, 7) is 1.52. The van der Waals surface area contributed by atoms with Crippen molar-refractivity contribution < 1.29 is 14.3 Å². The molecule has 21 heavy (non-hydrogen) atoms. The molecule has 1 saturated heterocycles. The van der Waals surface area contributed by atoms with E-state index in [0.29, 0.717) is 0 Å². The number of methoxy groups -OCH3 is 1. The van der Waals surface area contributed by atoms with Crippen molar-refractivity contribution in [3.8, 4) is 5.75 Å². The smallest absolute Gasteiger partial charge is 0.322 e. The van der Waals surface area contributed by atoms with E-state index in [-0.39, 0.29) is 18.2 Å². The summed E-state index contributed by atoms with van der Waals surface area (Å²) in [6, 6.07) is 7.61. The van der Waals surface area contributed by atoms with Crippen LogP contribution in [0.1, 0.15) is 25.7 Å². The Kier molecular flexibility index (Phi) is 4.29. The second kappa shape index (κ2) is 6.35. The maximum atomic E-state index is 12.5. The Morgan fingerprint density at radius 1 is 1.29 bits per heavy atom. The predicted octanol–water partition coefficient (Wildman–Crippen LogP) is 2.87. The Labute approximate surface area is 125 Å². The van der Waals surface area contributed by atoms with Gasteiger partial charge in [0.15, 0.2) is 0 Å². The highest BCUT2D eigenvalue weighted by molar-refractivity contribution is 5.89. The molecule has 2 aliphatic rings. The summed E-state index contributed by atoms with van der Waals surface area (Å²) in [7, 11) is 1.63. The first kappa shape index (κ1) is 14.2. The Hall–Kier alpha value is -1.75. The maximum Gasteiger partial charge on any atom is 0.322 e. The van der Waals surface area contributed by atoms with Crippen LogP contribution in [0, 0.1) is 0 Å². The first-order valence-corrected chi connectivity index (χ1v) is 7.61. The minimum absolute atomic E-state index is 0.0254. The van der Waals surface area contributed by atoms with Gasteiger partial charge in [0.05, 0.1) is 19.3 Å². The van der Waals surface area contributed by atoms with Crippen LogP contribution >= 0.6 is 0 Å². The Bertz CT molecular complexity index is 489. The Morgan fingerprint density at radius 2 is 2.10 bits per heavy atom. The van der Waals surface area contributed by atoms with Gasteiger partial charge < -0.3 is 19.7 Å².